The molecule has 1 unspecified atom stereocenters. The Balaban J connectivity index is 3.34. The molecule has 0 aromatic heterocycles. The Bertz CT molecular complexity index is 107. The highest BCUT2D eigenvalue weighted by atomic mass is 35.5. The molecule has 0 N–H and O–H groups in total. The van der Waals surface area contributed by atoms with Gasteiger partial charge in [0.2, 0.25) is 0 Å². The van der Waals surface area contributed by atoms with Crippen LogP contribution in [0.15, 0.2) is 25.3 Å². The summed E-state index contributed by atoms with van der Waals surface area (Å²) in [5, 5.41) is 0. The van der Waals surface area contributed by atoms with Crippen LogP contribution in [0.4, 0.5) is 0 Å². The zero-order valence-electron chi connectivity index (χ0n) is 7.06. The van der Waals surface area contributed by atoms with Crippen LogP contribution >= 0.6 is 11.6 Å². The highest BCUT2D eigenvalue weighted by molar-refractivity contribution is 6.18. The molecule has 0 aromatic carbocycles. The Labute approximate surface area is 74.9 Å². The fourth-order valence-electron chi connectivity index (χ4n) is 1.04. The van der Waals surface area contributed by atoms with Crippen molar-refractivity contribution < 1.29 is 0 Å². The van der Waals surface area contributed by atoms with E-state index in [0.717, 1.165) is 18.7 Å². The lowest BCUT2D eigenvalue weighted by Gasteiger charge is -2.09. The molecule has 0 nitrogen and oxygen atoms in total. The van der Waals surface area contributed by atoms with Gasteiger partial charge in [-0.1, -0.05) is 12.2 Å². The summed E-state index contributed by atoms with van der Waals surface area (Å²) >= 11 is 5.75. The zero-order valence-corrected chi connectivity index (χ0v) is 7.82. The number of halogens is 1. The predicted octanol–water partition coefficient (Wildman–Crippen LogP) is 3.77. The second-order valence-electron chi connectivity index (χ2n) is 2.76. The van der Waals surface area contributed by atoms with E-state index in [4.69, 9.17) is 11.6 Å². The van der Waals surface area contributed by atoms with Gasteiger partial charge in [0.1, 0.15) is 0 Å². The highest BCUT2D eigenvalue weighted by Crippen LogP contribution is 2.14. The summed E-state index contributed by atoms with van der Waals surface area (Å²) in [6.07, 6.45) is 8.45. The van der Waals surface area contributed by atoms with E-state index in [0.29, 0.717) is 5.92 Å². The molecule has 0 saturated heterocycles. The number of rotatable bonds is 7. The number of unbranched alkanes of at least 4 members (excludes halogenated alkanes) is 1. The van der Waals surface area contributed by atoms with Crippen LogP contribution in [-0.4, -0.2) is 5.88 Å². The molecule has 1 heteroatoms. The lowest BCUT2D eigenvalue weighted by molar-refractivity contribution is 0.525. The van der Waals surface area contributed by atoms with Crippen LogP contribution < -0.4 is 0 Å². The molecule has 0 spiro atoms. The van der Waals surface area contributed by atoms with Crippen LogP contribution in [0.25, 0.3) is 0 Å². The molecule has 0 heterocycles. The van der Waals surface area contributed by atoms with E-state index >= 15 is 0 Å². The smallest absolute Gasteiger partial charge is 0.0254 e. The molecule has 0 aliphatic heterocycles. The first kappa shape index (κ1) is 10.8. The molecular weight excluding hydrogens is 156 g/mol. The molecule has 0 fully saturated rings. The summed E-state index contributed by atoms with van der Waals surface area (Å²) in [4.78, 5) is 0. The molecule has 64 valence electrons. The monoisotopic (exact) mass is 172 g/mol. The minimum Gasteiger partial charge on any atom is -0.126 e. The van der Waals surface area contributed by atoms with E-state index in [1.54, 1.807) is 0 Å². The van der Waals surface area contributed by atoms with Crippen molar-refractivity contribution in [2.45, 2.75) is 25.7 Å². The van der Waals surface area contributed by atoms with Gasteiger partial charge in [-0.3, -0.25) is 0 Å². The van der Waals surface area contributed by atoms with Gasteiger partial charge >= 0.3 is 0 Å². The van der Waals surface area contributed by atoms with Crippen molar-refractivity contribution in [3.8, 4) is 0 Å². The molecule has 0 aliphatic rings. The Kier molecular flexibility index (Phi) is 7.71. The maximum atomic E-state index is 5.75. The maximum absolute atomic E-state index is 5.75. The second-order valence-corrected chi connectivity index (χ2v) is 3.07. The van der Waals surface area contributed by atoms with E-state index in [-0.39, 0.29) is 0 Å². The van der Waals surface area contributed by atoms with Gasteiger partial charge in [-0.15, -0.1) is 24.8 Å². The van der Waals surface area contributed by atoms with Crippen LogP contribution in [0.3, 0.4) is 0 Å². The molecule has 0 aliphatic carbocycles. The van der Waals surface area contributed by atoms with Gasteiger partial charge in [-0.25, -0.2) is 0 Å². The van der Waals surface area contributed by atoms with E-state index < -0.39 is 0 Å². The number of hydrogen-bond acceptors (Lipinski definition) is 0. The SMILES string of the molecule is C=CCCCC(CCl)CC=C. The molecule has 11 heavy (non-hydrogen) atoms. The molecule has 1 atom stereocenters. The lowest BCUT2D eigenvalue weighted by atomic mass is 10.0. The Hall–Kier alpha value is -0.230. The van der Waals surface area contributed by atoms with Gasteiger partial charge in [-0.2, -0.15) is 0 Å². The average Bonchev–Trinajstić information content (AvgIpc) is 2.03. The summed E-state index contributed by atoms with van der Waals surface area (Å²) in [5.74, 6) is 1.37. The van der Waals surface area contributed by atoms with Crippen molar-refractivity contribution in [1.82, 2.24) is 0 Å². The molecule has 0 radical (unpaired) electrons. The van der Waals surface area contributed by atoms with Crippen molar-refractivity contribution in [3.63, 3.8) is 0 Å². The minimum absolute atomic E-state index is 0.620. The fourth-order valence-corrected chi connectivity index (χ4v) is 1.32. The van der Waals surface area contributed by atoms with Gasteiger partial charge in [-0.05, 0) is 31.6 Å². The van der Waals surface area contributed by atoms with Gasteiger partial charge < -0.3 is 0 Å². The predicted molar refractivity (Wildman–Crippen MR) is 53.1 cm³/mol. The summed E-state index contributed by atoms with van der Waals surface area (Å²) < 4.78 is 0. The van der Waals surface area contributed by atoms with Gasteiger partial charge in [0.05, 0.1) is 0 Å². The van der Waals surface area contributed by atoms with Crippen molar-refractivity contribution in [1.29, 1.82) is 0 Å². The largest absolute Gasteiger partial charge is 0.126 e. The average molecular weight is 173 g/mol. The number of hydrogen-bond donors (Lipinski definition) is 0. The van der Waals surface area contributed by atoms with Crippen LogP contribution in [-0.2, 0) is 0 Å². The third-order valence-corrected chi connectivity index (χ3v) is 2.18. The highest BCUT2D eigenvalue weighted by Gasteiger charge is 2.03. The number of alkyl halides is 1. The van der Waals surface area contributed by atoms with E-state index in [2.05, 4.69) is 13.2 Å². The van der Waals surface area contributed by atoms with E-state index in [9.17, 15) is 0 Å². The Morgan fingerprint density at radius 2 is 2.00 bits per heavy atom. The fraction of sp³-hybridized carbons (Fsp3) is 0.600. The second kappa shape index (κ2) is 7.87. The molecule has 0 amide bonds. The van der Waals surface area contributed by atoms with Crippen LogP contribution in [0.1, 0.15) is 25.7 Å². The first-order valence-corrected chi connectivity index (χ1v) is 4.66. The topological polar surface area (TPSA) is 0 Å². The number of allylic oxidation sites excluding steroid dienone is 2. The standard InChI is InChI=1S/C10H17Cl/c1-3-5-6-8-10(9-11)7-4-2/h3-4,10H,1-2,5-9H2. The zero-order chi connectivity index (χ0) is 8.53. The Morgan fingerprint density at radius 3 is 2.45 bits per heavy atom. The summed E-state index contributed by atoms with van der Waals surface area (Å²) in [5.41, 5.74) is 0. The quantitative estimate of drug-likeness (QED) is 0.312. The van der Waals surface area contributed by atoms with Crippen LogP contribution in [0.2, 0.25) is 0 Å². The van der Waals surface area contributed by atoms with E-state index in [1.165, 1.54) is 12.8 Å². The molecule has 0 aromatic rings. The molecule has 0 bridgehead atoms. The summed E-state index contributed by atoms with van der Waals surface area (Å²) in [6, 6.07) is 0. The molecular formula is C10H17Cl. The third-order valence-electron chi connectivity index (χ3n) is 1.74. The van der Waals surface area contributed by atoms with Crippen molar-refractivity contribution in [2.75, 3.05) is 5.88 Å². The lowest BCUT2D eigenvalue weighted by Crippen LogP contribution is -1.99. The van der Waals surface area contributed by atoms with Crippen molar-refractivity contribution in [2.24, 2.45) is 5.92 Å². The minimum atomic E-state index is 0.620. The van der Waals surface area contributed by atoms with Crippen LogP contribution in [0.5, 0.6) is 0 Å². The van der Waals surface area contributed by atoms with Gasteiger partial charge in [0.15, 0.2) is 0 Å². The van der Waals surface area contributed by atoms with Gasteiger partial charge in [0.25, 0.3) is 0 Å². The van der Waals surface area contributed by atoms with Crippen LogP contribution in [0, 0.1) is 5.92 Å². The molecule has 0 saturated carbocycles. The van der Waals surface area contributed by atoms with Crippen molar-refractivity contribution in [3.05, 3.63) is 25.3 Å². The maximum Gasteiger partial charge on any atom is 0.0254 e. The normalized spacial score (nSPS) is 12.5. The van der Waals surface area contributed by atoms with Gasteiger partial charge in [0, 0.05) is 5.88 Å². The van der Waals surface area contributed by atoms with Crippen molar-refractivity contribution >= 4 is 11.6 Å². The first-order valence-electron chi connectivity index (χ1n) is 4.12. The summed E-state index contributed by atoms with van der Waals surface area (Å²) in [6.45, 7) is 7.37. The summed E-state index contributed by atoms with van der Waals surface area (Å²) in [7, 11) is 0. The first-order chi connectivity index (χ1) is 5.35. The third kappa shape index (κ3) is 6.18. The van der Waals surface area contributed by atoms with E-state index in [1.807, 2.05) is 12.2 Å². The Morgan fingerprint density at radius 1 is 1.27 bits per heavy atom. The molecule has 0 rings (SSSR count).